The molecule has 3 N–H and O–H groups in total. The predicted molar refractivity (Wildman–Crippen MR) is 71.2 cm³/mol. The summed E-state index contributed by atoms with van der Waals surface area (Å²) in [5.74, 6) is 6.52. The number of hydrogen-bond donors (Lipinski definition) is 2. The number of nitrogens with one attached hydrogen (secondary N) is 1. The number of rotatable bonds is 4. The minimum Gasteiger partial charge on any atom is -0.271 e. The molecule has 2 rings (SSSR count). The molecular weight excluding hydrogens is 299 g/mol. The van der Waals surface area contributed by atoms with Crippen molar-refractivity contribution in [1.82, 2.24) is 5.43 Å². The molecule has 82 valence electrons. The van der Waals surface area contributed by atoms with Crippen LogP contribution in [0.5, 0.6) is 0 Å². The number of hydrazine groups is 1. The van der Waals surface area contributed by atoms with Crippen LogP contribution in [0.25, 0.3) is 0 Å². The van der Waals surface area contributed by atoms with E-state index in [1.807, 2.05) is 0 Å². The second kappa shape index (κ2) is 5.27. The molecule has 1 unspecified atom stereocenters. The Hall–Kier alpha value is -0.130. The summed E-state index contributed by atoms with van der Waals surface area (Å²) >= 11 is 2.38. The van der Waals surface area contributed by atoms with Gasteiger partial charge in [-0.2, -0.15) is 0 Å². The molecule has 1 aromatic rings. The summed E-state index contributed by atoms with van der Waals surface area (Å²) in [7, 11) is 0. The van der Waals surface area contributed by atoms with E-state index in [9.17, 15) is 0 Å². The first kappa shape index (κ1) is 11.4. The largest absolute Gasteiger partial charge is 0.271 e. The minimum atomic E-state index is 0.323. The first-order valence-electron chi connectivity index (χ1n) is 5.52. The Bertz CT molecular complexity index is 323. The third-order valence-electron chi connectivity index (χ3n) is 3.28. The lowest BCUT2D eigenvalue weighted by Gasteiger charge is -2.30. The van der Waals surface area contributed by atoms with Crippen molar-refractivity contribution < 1.29 is 0 Å². The second-order valence-electron chi connectivity index (χ2n) is 4.27. The molecule has 0 aliphatic heterocycles. The molecule has 1 saturated carbocycles. The summed E-state index contributed by atoms with van der Waals surface area (Å²) in [6.45, 7) is 0. The maximum Gasteiger partial charge on any atom is 0.0473 e. The lowest BCUT2D eigenvalue weighted by atomic mass is 9.80. The van der Waals surface area contributed by atoms with Gasteiger partial charge >= 0.3 is 0 Å². The first-order chi connectivity index (χ1) is 7.31. The molecule has 0 aromatic heterocycles. The van der Waals surface area contributed by atoms with E-state index in [2.05, 4.69) is 52.3 Å². The molecule has 0 heterocycles. The fourth-order valence-corrected chi connectivity index (χ4v) is 2.87. The SMILES string of the molecule is NNC(CC1CCC1)c1ccccc1I. The Morgan fingerprint density at radius 1 is 1.40 bits per heavy atom. The number of hydrogen-bond acceptors (Lipinski definition) is 2. The quantitative estimate of drug-likeness (QED) is 0.509. The van der Waals surface area contributed by atoms with Crippen LogP contribution in [0.2, 0.25) is 0 Å². The van der Waals surface area contributed by atoms with Gasteiger partial charge in [0.1, 0.15) is 0 Å². The number of halogens is 1. The van der Waals surface area contributed by atoms with Crippen molar-refractivity contribution in [3.63, 3.8) is 0 Å². The van der Waals surface area contributed by atoms with Crippen molar-refractivity contribution in [2.75, 3.05) is 0 Å². The van der Waals surface area contributed by atoms with E-state index < -0.39 is 0 Å². The van der Waals surface area contributed by atoms with Crippen LogP contribution >= 0.6 is 22.6 Å². The molecule has 1 fully saturated rings. The van der Waals surface area contributed by atoms with Gasteiger partial charge in [-0.3, -0.25) is 11.3 Å². The lowest BCUT2D eigenvalue weighted by Crippen LogP contribution is -2.31. The highest BCUT2D eigenvalue weighted by Crippen LogP contribution is 2.35. The molecule has 1 atom stereocenters. The highest BCUT2D eigenvalue weighted by atomic mass is 127. The summed E-state index contributed by atoms with van der Waals surface area (Å²) in [6, 6.07) is 8.79. The third kappa shape index (κ3) is 2.71. The van der Waals surface area contributed by atoms with Crippen molar-refractivity contribution in [1.29, 1.82) is 0 Å². The second-order valence-corrected chi connectivity index (χ2v) is 5.44. The van der Waals surface area contributed by atoms with Gasteiger partial charge in [0.05, 0.1) is 0 Å². The molecule has 0 bridgehead atoms. The van der Waals surface area contributed by atoms with Gasteiger partial charge in [-0.05, 0) is 46.6 Å². The standard InChI is InChI=1S/C12H17IN2/c13-11-7-2-1-6-10(11)12(15-14)8-9-4-3-5-9/h1-2,6-7,9,12,15H,3-5,8,14H2. The normalized spacial score (nSPS) is 18.5. The molecule has 0 radical (unpaired) electrons. The van der Waals surface area contributed by atoms with Gasteiger partial charge in [0.15, 0.2) is 0 Å². The maximum absolute atomic E-state index is 5.65. The minimum absolute atomic E-state index is 0.323. The maximum atomic E-state index is 5.65. The van der Waals surface area contributed by atoms with E-state index in [1.54, 1.807) is 0 Å². The summed E-state index contributed by atoms with van der Waals surface area (Å²) in [5, 5.41) is 0. The van der Waals surface area contributed by atoms with Crippen LogP contribution in [-0.4, -0.2) is 0 Å². The van der Waals surface area contributed by atoms with Crippen LogP contribution in [0.1, 0.15) is 37.3 Å². The molecule has 1 aliphatic carbocycles. The van der Waals surface area contributed by atoms with Crippen molar-refractivity contribution in [3.8, 4) is 0 Å². The first-order valence-corrected chi connectivity index (χ1v) is 6.59. The van der Waals surface area contributed by atoms with Gasteiger partial charge in [0, 0.05) is 9.61 Å². The molecular formula is C12H17IN2. The Morgan fingerprint density at radius 3 is 2.67 bits per heavy atom. The van der Waals surface area contributed by atoms with Gasteiger partial charge in [-0.25, -0.2) is 0 Å². The van der Waals surface area contributed by atoms with Gasteiger partial charge in [0.2, 0.25) is 0 Å². The van der Waals surface area contributed by atoms with Crippen LogP contribution in [0.15, 0.2) is 24.3 Å². The predicted octanol–water partition coefficient (Wildman–Crippen LogP) is 2.99. The number of nitrogens with two attached hydrogens (primary N) is 1. The van der Waals surface area contributed by atoms with E-state index in [1.165, 1.54) is 34.8 Å². The van der Waals surface area contributed by atoms with Gasteiger partial charge in [-0.1, -0.05) is 37.5 Å². The van der Waals surface area contributed by atoms with E-state index >= 15 is 0 Å². The molecule has 1 aromatic carbocycles. The zero-order valence-corrected chi connectivity index (χ0v) is 10.9. The fourth-order valence-electron chi connectivity index (χ4n) is 2.10. The molecule has 0 amide bonds. The highest BCUT2D eigenvalue weighted by Gasteiger charge is 2.23. The van der Waals surface area contributed by atoms with Crippen molar-refractivity contribution in [2.45, 2.75) is 31.7 Å². The van der Waals surface area contributed by atoms with Crippen LogP contribution in [-0.2, 0) is 0 Å². The average molecular weight is 316 g/mol. The van der Waals surface area contributed by atoms with E-state index in [-0.39, 0.29) is 0 Å². The fraction of sp³-hybridized carbons (Fsp3) is 0.500. The monoisotopic (exact) mass is 316 g/mol. The van der Waals surface area contributed by atoms with Crippen molar-refractivity contribution >= 4 is 22.6 Å². The van der Waals surface area contributed by atoms with Gasteiger partial charge in [0.25, 0.3) is 0 Å². The molecule has 0 spiro atoms. The summed E-state index contributed by atoms with van der Waals surface area (Å²) in [5.41, 5.74) is 4.29. The number of benzene rings is 1. The van der Waals surface area contributed by atoms with E-state index in [0.29, 0.717) is 6.04 Å². The van der Waals surface area contributed by atoms with Crippen LogP contribution in [0.4, 0.5) is 0 Å². The third-order valence-corrected chi connectivity index (χ3v) is 4.26. The molecule has 15 heavy (non-hydrogen) atoms. The van der Waals surface area contributed by atoms with E-state index in [4.69, 9.17) is 5.84 Å². The zero-order valence-electron chi connectivity index (χ0n) is 8.75. The topological polar surface area (TPSA) is 38.0 Å². The molecule has 3 heteroatoms. The molecule has 2 nitrogen and oxygen atoms in total. The lowest BCUT2D eigenvalue weighted by molar-refractivity contribution is 0.261. The van der Waals surface area contributed by atoms with Crippen molar-refractivity contribution in [3.05, 3.63) is 33.4 Å². The summed E-state index contributed by atoms with van der Waals surface area (Å²) < 4.78 is 1.30. The average Bonchev–Trinajstić information content (AvgIpc) is 2.19. The Kier molecular flexibility index (Phi) is 3.99. The summed E-state index contributed by atoms with van der Waals surface area (Å²) in [6.07, 6.45) is 5.33. The Balaban J connectivity index is 2.07. The Labute approximate surface area is 105 Å². The van der Waals surface area contributed by atoms with Crippen molar-refractivity contribution in [2.24, 2.45) is 11.8 Å². The van der Waals surface area contributed by atoms with Gasteiger partial charge < -0.3 is 0 Å². The Morgan fingerprint density at radius 2 is 2.13 bits per heavy atom. The molecule has 0 saturated heterocycles. The molecule has 1 aliphatic rings. The van der Waals surface area contributed by atoms with Crippen LogP contribution < -0.4 is 11.3 Å². The zero-order chi connectivity index (χ0) is 10.7. The van der Waals surface area contributed by atoms with Crippen LogP contribution in [0, 0.1) is 9.49 Å². The van der Waals surface area contributed by atoms with E-state index in [0.717, 1.165) is 5.92 Å². The smallest absolute Gasteiger partial charge is 0.0473 e. The summed E-state index contributed by atoms with van der Waals surface area (Å²) in [4.78, 5) is 0. The highest BCUT2D eigenvalue weighted by molar-refractivity contribution is 14.1. The van der Waals surface area contributed by atoms with Gasteiger partial charge in [-0.15, -0.1) is 0 Å². The van der Waals surface area contributed by atoms with Crippen LogP contribution in [0.3, 0.4) is 0 Å².